The summed E-state index contributed by atoms with van der Waals surface area (Å²) in [6.07, 6.45) is 0. The summed E-state index contributed by atoms with van der Waals surface area (Å²) in [6, 6.07) is 6.33. The van der Waals surface area contributed by atoms with Gasteiger partial charge in [0.05, 0.1) is 4.90 Å². The highest BCUT2D eigenvalue weighted by molar-refractivity contribution is 7.89. The van der Waals surface area contributed by atoms with Crippen LogP contribution < -0.4 is 4.72 Å². The van der Waals surface area contributed by atoms with Crippen LogP contribution in [0.25, 0.3) is 0 Å². The number of hydrogen-bond donors (Lipinski definition) is 1. The second-order valence-corrected chi connectivity index (χ2v) is 8.22. The summed E-state index contributed by atoms with van der Waals surface area (Å²) in [5.41, 5.74) is 0. The molecule has 22 heavy (non-hydrogen) atoms. The summed E-state index contributed by atoms with van der Waals surface area (Å²) in [5, 5.41) is 0.424. The van der Waals surface area contributed by atoms with Crippen LogP contribution in [0, 0.1) is 5.92 Å². The summed E-state index contributed by atoms with van der Waals surface area (Å²) in [6.45, 7) is 7.64. The van der Waals surface area contributed by atoms with Crippen molar-refractivity contribution in [2.75, 3.05) is 46.3 Å². The molecule has 1 aromatic rings. The predicted molar refractivity (Wildman–Crippen MR) is 89.7 cm³/mol. The van der Waals surface area contributed by atoms with E-state index in [9.17, 15) is 8.42 Å². The Morgan fingerprint density at radius 1 is 1.27 bits per heavy atom. The number of nitrogens with one attached hydrogen (secondary N) is 1. The highest BCUT2D eigenvalue weighted by atomic mass is 35.5. The van der Waals surface area contributed by atoms with E-state index in [1.165, 1.54) is 6.07 Å². The minimum absolute atomic E-state index is 0.215. The zero-order valence-electron chi connectivity index (χ0n) is 13.1. The topological polar surface area (TPSA) is 52.7 Å². The summed E-state index contributed by atoms with van der Waals surface area (Å²) < 4.78 is 27.1. The molecule has 1 aromatic carbocycles. The number of rotatable bonds is 6. The van der Waals surface area contributed by atoms with Crippen LogP contribution in [0.15, 0.2) is 29.2 Å². The van der Waals surface area contributed by atoms with E-state index >= 15 is 0 Å². The number of hydrogen-bond acceptors (Lipinski definition) is 4. The maximum absolute atomic E-state index is 12.2. The number of halogens is 1. The average Bonchev–Trinajstić information content (AvgIpc) is 2.48. The Hall–Kier alpha value is -0.660. The number of nitrogens with zero attached hydrogens (tertiary/aromatic N) is 2. The molecule has 0 bridgehead atoms. The first-order valence-electron chi connectivity index (χ1n) is 7.53. The second-order valence-electron chi connectivity index (χ2n) is 6.02. The predicted octanol–water partition coefficient (Wildman–Crippen LogP) is 1.50. The van der Waals surface area contributed by atoms with Crippen molar-refractivity contribution < 1.29 is 8.42 Å². The third-order valence-electron chi connectivity index (χ3n) is 3.89. The largest absolute Gasteiger partial charge is 0.304 e. The van der Waals surface area contributed by atoms with E-state index in [0.717, 1.165) is 32.7 Å². The maximum atomic E-state index is 12.2. The van der Waals surface area contributed by atoms with E-state index in [2.05, 4.69) is 28.5 Å². The van der Waals surface area contributed by atoms with E-state index in [1.807, 2.05) is 0 Å². The molecule has 1 aliphatic heterocycles. The highest BCUT2D eigenvalue weighted by Crippen LogP contribution is 2.15. The first kappa shape index (κ1) is 17.7. The van der Waals surface area contributed by atoms with Crippen molar-refractivity contribution in [1.82, 2.24) is 14.5 Å². The van der Waals surface area contributed by atoms with Gasteiger partial charge < -0.3 is 9.80 Å². The lowest BCUT2D eigenvalue weighted by Gasteiger charge is -2.33. The minimum Gasteiger partial charge on any atom is -0.304 e. The summed E-state index contributed by atoms with van der Waals surface area (Å²) >= 11 is 5.85. The van der Waals surface area contributed by atoms with Crippen molar-refractivity contribution in [3.05, 3.63) is 29.3 Å². The van der Waals surface area contributed by atoms with Crippen molar-refractivity contribution in [1.29, 1.82) is 0 Å². The molecule has 0 unspecified atom stereocenters. The Morgan fingerprint density at radius 2 is 1.95 bits per heavy atom. The lowest BCUT2D eigenvalue weighted by Crippen LogP contribution is -2.46. The van der Waals surface area contributed by atoms with Crippen LogP contribution in [-0.2, 0) is 10.0 Å². The Labute approximate surface area is 138 Å². The molecule has 7 heteroatoms. The van der Waals surface area contributed by atoms with Gasteiger partial charge in [-0.3, -0.25) is 0 Å². The van der Waals surface area contributed by atoms with Crippen molar-refractivity contribution in [3.8, 4) is 0 Å². The molecule has 5 nitrogen and oxygen atoms in total. The van der Waals surface area contributed by atoms with E-state index in [4.69, 9.17) is 11.6 Å². The normalized spacial score (nSPS) is 19.2. The Kier molecular flexibility index (Phi) is 6.23. The van der Waals surface area contributed by atoms with Gasteiger partial charge in [0.2, 0.25) is 10.0 Å². The Balaban J connectivity index is 1.83. The van der Waals surface area contributed by atoms with Crippen LogP contribution in [0.5, 0.6) is 0 Å². The summed E-state index contributed by atoms with van der Waals surface area (Å²) in [7, 11) is -1.36. The van der Waals surface area contributed by atoms with Crippen LogP contribution in [0.3, 0.4) is 0 Å². The lowest BCUT2D eigenvalue weighted by molar-refractivity contribution is 0.139. The first-order valence-corrected chi connectivity index (χ1v) is 9.39. The van der Waals surface area contributed by atoms with Gasteiger partial charge in [-0.2, -0.15) is 0 Å². The van der Waals surface area contributed by atoms with Crippen molar-refractivity contribution in [3.63, 3.8) is 0 Å². The van der Waals surface area contributed by atoms with Gasteiger partial charge >= 0.3 is 0 Å². The Bertz CT molecular complexity index is 586. The molecule has 0 aromatic heterocycles. The van der Waals surface area contributed by atoms with Crippen molar-refractivity contribution in [2.45, 2.75) is 11.8 Å². The van der Waals surface area contributed by atoms with Gasteiger partial charge in [-0.15, -0.1) is 0 Å². The third-order valence-corrected chi connectivity index (χ3v) is 5.55. The van der Waals surface area contributed by atoms with Gasteiger partial charge in [-0.25, -0.2) is 13.1 Å². The van der Waals surface area contributed by atoms with E-state index in [0.29, 0.717) is 11.6 Å². The highest BCUT2D eigenvalue weighted by Gasteiger charge is 2.19. The minimum atomic E-state index is -3.49. The van der Waals surface area contributed by atoms with Crippen LogP contribution >= 0.6 is 11.6 Å². The molecule has 0 amide bonds. The number of sulfonamides is 1. The fraction of sp³-hybridized carbons (Fsp3) is 0.600. The fourth-order valence-electron chi connectivity index (χ4n) is 2.51. The van der Waals surface area contributed by atoms with Crippen LogP contribution in [0.4, 0.5) is 0 Å². The van der Waals surface area contributed by atoms with Gasteiger partial charge in [0.15, 0.2) is 0 Å². The summed E-state index contributed by atoms with van der Waals surface area (Å²) in [5.74, 6) is 0.261. The van der Waals surface area contributed by atoms with Gasteiger partial charge in [0, 0.05) is 44.3 Å². The van der Waals surface area contributed by atoms with Gasteiger partial charge in [0.1, 0.15) is 0 Å². The molecule has 1 fully saturated rings. The van der Waals surface area contributed by atoms with Gasteiger partial charge in [-0.1, -0.05) is 24.6 Å². The molecular formula is C15H24ClN3O2S. The van der Waals surface area contributed by atoms with Crippen LogP contribution in [0.1, 0.15) is 6.92 Å². The zero-order valence-corrected chi connectivity index (χ0v) is 14.7. The fourth-order valence-corrected chi connectivity index (χ4v) is 3.97. The molecule has 0 aliphatic carbocycles. The standard InChI is InChI=1S/C15H24ClN3O2S/c1-13(12-19-8-6-18(2)7-9-19)11-17-22(20,21)15-5-3-4-14(16)10-15/h3-5,10,13,17H,6-9,11-12H2,1-2H3/t13-/m1/s1. The molecule has 0 spiro atoms. The smallest absolute Gasteiger partial charge is 0.240 e. The van der Waals surface area contributed by atoms with Crippen molar-refractivity contribution >= 4 is 21.6 Å². The third kappa shape index (κ3) is 5.21. The second kappa shape index (κ2) is 7.75. The molecule has 1 aliphatic rings. The molecule has 2 rings (SSSR count). The quantitative estimate of drug-likeness (QED) is 0.849. The lowest BCUT2D eigenvalue weighted by atomic mass is 10.1. The Morgan fingerprint density at radius 3 is 2.59 bits per heavy atom. The van der Waals surface area contributed by atoms with Gasteiger partial charge in [-0.05, 0) is 31.2 Å². The number of piperazine rings is 1. The maximum Gasteiger partial charge on any atom is 0.240 e. The zero-order chi connectivity index (χ0) is 16.2. The molecule has 1 N–H and O–H groups in total. The number of likely N-dealkylation sites (N-methyl/N-ethyl adjacent to an activating group) is 1. The first-order chi connectivity index (χ1) is 10.4. The number of benzene rings is 1. The molecule has 0 saturated carbocycles. The van der Waals surface area contributed by atoms with E-state index in [-0.39, 0.29) is 10.8 Å². The van der Waals surface area contributed by atoms with Crippen molar-refractivity contribution in [2.24, 2.45) is 5.92 Å². The monoisotopic (exact) mass is 345 g/mol. The van der Waals surface area contributed by atoms with E-state index < -0.39 is 10.0 Å². The van der Waals surface area contributed by atoms with Crippen LogP contribution in [-0.4, -0.2) is 64.5 Å². The molecular weight excluding hydrogens is 322 g/mol. The van der Waals surface area contributed by atoms with E-state index in [1.54, 1.807) is 18.2 Å². The molecule has 0 radical (unpaired) electrons. The molecule has 1 saturated heterocycles. The summed E-state index contributed by atoms with van der Waals surface area (Å²) in [4.78, 5) is 4.91. The molecule has 1 atom stereocenters. The molecule has 1 heterocycles. The SMILES string of the molecule is C[C@H](CNS(=O)(=O)c1cccc(Cl)c1)CN1CCN(C)CC1. The van der Waals surface area contributed by atoms with Crippen LogP contribution in [0.2, 0.25) is 5.02 Å². The van der Waals surface area contributed by atoms with Gasteiger partial charge in [0.25, 0.3) is 0 Å². The average molecular weight is 346 g/mol. The molecule has 124 valence electrons.